The lowest BCUT2D eigenvalue weighted by Crippen LogP contribution is -2.00. The third-order valence-corrected chi connectivity index (χ3v) is 3.80. The Balaban J connectivity index is 2.60. The SMILES string of the molecule is CC(C)c1cc(Br)c(OC(=S)S)cc1-c1ccccc1. The van der Waals surface area contributed by atoms with Crippen LogP contribution in [0.4, 0.5) is 0 Å². The standard InChI is InChI=1S/C16H15BrOS2/c1-10(2)12-8-14(17)15(18-16(19)20)9-13(12)11-6-4-3-5-7-11/h3-10H,1-2H3,(H,19,20). The molecule has 2 rings (SSSR count). The first-order valence-electron chi connectivity index (χ1n) is 6.28. The second-order valence-electron chi connectivity index (χ2n) is 4.76. The van der Waals surface area contributed by atoms with Crippen molar-refractivity contribution >= 4 is 45.2 Å². The van der Waals surface area contributed by atoms with E-state index in [2.05, 4.69) is 60.6 Å². The monoisotopic (exact) mass is 366 g/mol. The van der Waals surface area contributed by atoms with Crippen molar-refractivity contribution in [2.75, 3.05) is 0 Å². The molecular weight excluding hydrogens is 352 g/mol. The van der Waals surface area contributed by atoms with Crippen molar-refractivity contribution in [3.8, 4) is 16.9 Å². The zero-order chi connectivity index (χ0) is 14.7. The first-order valence-corrected chi connectivity index (χ1v) is 7.93. The molecule has 20 heavy (non-hydrogen) atoms. The van der Waals surface area contributed by atoms with E-state index in [0.29, 0.717) is 11.7 Å². The Morgan fingerprint density at radius 3 is 2.40 bits per heavy atom. The highest BCUT2D eigenvalue weighted by Gasteiger charge is 2.14. The number of thiol groups is 1. The lowest BCUT2D eigenvalue weighted by atomic mass is 9.92. The molecule has 0 N–H and O–H groups in total. The van der Waals surface area contributed by atoms with Crippen LogP contribution in [0.2, 0.25) is 0 Å². The molecule has 0 heterocycles. The predicted molar refractivity (Wildman–Crippen MR) is 95.9 cm³/mol. The first kappa shape index (κ1) is 15.5. The van der Waals surface area contributed by atoms with Crippen LogP contribution in [-0.4, -0.2) is 4.38 Å². The van der Waals surface area contributed by atoms with E-state index in [1.165, 1.54) is 11.1 Å². The summed E-state index contributed by atoms with van der Waals surface area (Å²) in [5.74, 6) is 1.10. The molecule has 0 aliphatic heterocycles. The molecule has 0 aliphatic carbocycles. The van der Waals surface area contributed by atoms with Gasteiger partial charge in [0.25, 0.3) is 0 Å². The lowest BCUT2D eigenvalue weighted by Gasteiger charge is -2.16. The van der Waals surface area contributed by atoms with Gasteiger partial charge in [-0.05, 0) is 62.9 Å². The van der Waals surface area contributed by atoms with Gasteiger partial charge < -0.3 is 4.74 Å². The summed E-state index contributed by atoms with van der Waals surface area (Å²) in [6.45, 7) is 4.36. The Labute approximate surface area is 138 Å². The Morgan fingerprint density at radius 2 is 1.85 bits per heavy atom. The van der Waals surface area contributed by atoms with Gasteiger partial charge in [0.05, 0.1) is 4.47 Å². The van der Waals surface area contributed by atoms with Crippen molar-refractivity contribution in [1.82, 2.24) is 0 Å². The van der Waals surface area contributed by atoms with Gasteiger partial charge in [-0.3, -0.25) is 0 Å². The summed E-state index contributed by atoms with van der Waals surface area (Å²) >= 11 is 12.5. The minimum atomic E-state index is 0.210. The van der Waals surface area contributed by atoms with E-state index < -0.39 is 0 Å². The molecule has 0 bridgehead atoms. The number of hydrogen-bond acceptors (Lipinski definition) is 2. The van der Waals surface area contributed by atoms with Gasteiger partial charge in [-0.25, -0.2) is 0 Å². The molecule has 0 spiro atoms. The van der Waals surface area contributed by atoms with E-state index in [1.807, 2.05) is 24.3 Å². The molecule has 4 heteroatoms. The maximum absolute atomic E-state index is 5.49. The number of benzene rings is 2. The summed E-state index contributed by atoms with van der Waals surface area (Å²) in [5.41, 5.74) is 3.59. The van der Waals surface area contributed by atoms with E-state index in [9.17, 15) is 0 Å². The van der Waals surface area contributed by atoms with E-state index in [0.717, 1.165) is 10.0 Å². The third kappa shape index (κ3) is 3.62. The zero-order valence-electron chi connectivity index (χ0n) is 11.3. The number of thiocarbonyl (C=S) groups is 1. The third-order valence-electron chi connectivity index (χ3n) is 3.01. The van der Waals surface area contributed by atoms with Gasteiger partial charge in [-0.2, -0.15) is 0 Å². The summed E-state index contributed by atoms with van der Waals surface area (Å²) in [5, 5.41) is 0. The second kappa shape index (κ2) is 6.74. The van der Waals surface area contributed by atoms with Crippen LogP contribution in [0.15, 0.2) is 46.9 Å². The molecule has 0 unspecified atom stereocenters. The first-order chi connectivity index (χ1) is 9.49. The van der Waals surface area contributed by atoms with Crippen LogP contribution in [0.25, 0.3) is 11.1 Å². The van der Waals surface area contributed by atoms with Gasteiger partial charge in [0, 0.05) is 0 Å². The highest BCUT2D eigenvalue weighted by atomic mass is 79.9. The minimum absolute atomic E-state index is 0.210. The average Bonchev–Trinajstić information content (AvgIpc) is 2.41. The van der Waals surface area contributed by atoms with Crippen LogP contribution >= 0.6 is 40.8 Å². The van der Waals surface area contributed by atoms with Crippen LogP contribution < -0.4 is 4.74 Å². The van der Waals surface area contributed by atoms with Gasteiger partial charge >= 0.3 is 0 Å². The summed E-state index contributed by atoms with van der Waals surface area (Å²) < 4.78 is 6.59. The van der Waals surface area contributed by atoms with Gasteiger partial charge in [-0.15, -0.1) is 0 Å². The topological polar surface area (TPSA) is 9.23 Å². The summed E-state index contributed by atoms with van der Waals surface area (Å²) in [4.78, 5) is 0. The largest absolute Gasteiger partial charge is 0.439 e. The highest BCUT2D eigenvalue weighted by molar-refractivity contribution is 9.10. The van der Waals surface area contributed by atoms with E-state index in [1.54, 1.807) is 0 Å². The molecule has 0 saturated heterocycles. The maximum Gasteiger partial charge on any atom is 0.222 e. The smallest absolute Gasteiger partial charge is 0.222 e. The fraction of sp³-hybridized carbons (Fsp3) is 0.188. The normalized spacial score (nSPS) is 10.7. The van der Waals surface area contributed by atoms with Crippen LogP contribution in [-0.2, 0) is 0 Å². The van der Waals surface area contributed by atoms with Gasteiger partial charge in [0.1, 0.15) is 5.75 Å². The molecule has 0 radical (unpaired) electrons. The second-order valence-corrected chi connectivity index (χ2v) is 6.69. The fourth-order valence-corrected chi connectivity index (χ4v) is 2.72. The summed E-state index contributed by atoms with van der Waals surface area (Å²) in [7, 11) is 0. The molecule has 0 fully saturated rings. The number of rotatable bonds is 3. The van der Waals surface area contributed by atoms with Crippen molar-refractivity contribution in [3.63, 3.8) is 0 Å². The van der Waals surface area contributed by atoms with Gasteiger partial charge in [0.15, 0.2) is 0 Å². The van der Waals surface area contributed by atoms with E-state index >= 15 is 0 Å². The van der Waals surface area contributed by atoms with Gasteiger partial charge in [0.2, 0.25) is 4.38 Å². The molecule has 0 saturated carbocycles. The number of hydrogen-bond donors (Lipinski definition) is 1. The van der Waals surface area contributed by atoms with Crippen LogP contribution in [0.3, 0.4) is 0 Å². The Hall–Kier alpha value is -0.840. The zero-order valence-corrected chi connectivity index (χ0v) is 14.6. The van der Waals surface area contributed by atoms with Crippen molar-refractivity contribution < 1.29 is 4.74 Å². The highest BCUT2D eigenvalue weighted by Crippen LogP contribution is 2.37. The van der Waals surface area contributed by atoms with Crippen LogP contribution in [0.5, 0.6) is 5.75 Å². The Morgan fingerprint density at radius 1 is 1.20 bits per heavy atom. The average molecular weight is 367 g/mol. The van der Waals surface area contributed by atoms with Crippen LogP contribution in [0.1, 0.15) is 25.3 Å². The summed E-state index contributed by atoms with van der Waals surface area (Å²) in [6, 6.07) is 14.4. The quantitative estimate of drug-likeness (QED) is 0.540. The Kier molecular flexibility index (Phi) is 5.24. The fourth-order valence-electron chi connectivity index (χ4n) is 2.09. The molecule has 0 amide bonds. The van der Waals surface area contributed by atoms with Gasteiger partial charge in [-0.1, -0.05) is 56.8 Å². The molecular formula is C16H15BrOS2. The molecule has 0 aliphatic rings. The minimum Gasteiger partial charge on any atom is -0.439 e. The molecule has 0 aromatic heterocycles. The predicted octanol–water partition coefficient (Wildman–Crippen LogP) is 5.83. The number of ether oxygens (including phenoxy) is 1. The molecule has 2 aromatic carbocycles. The molecule has 1 nitrogen and oxygen atoms in total. The molecule has 0 atom stereocenters. The van der Waals surface area contributed by atoms with Crippen molar-refractivity contribution in [2.45, 2.75) is 19.8 Å². The van der Waals surface area contributed by atoms with Crippen LogP contribution in [0, 0.1) is 0 Å². The molecule has 2 aromatic rings. The van der Waals surface area contributed by atoms with E-state index in [4.69, 9.17) is 17.0 Å². The van der Waals surface area contributed by atoms with E-state index in [-0.39, 0.29) is 4.38 Å². The van der Waals surface area contributed by atoms with Crippen molar-refractivity contribution in [3.05, 3.63) is 52.5 Å². The maximum atomic E-state index is 5.49. The van der Waals surface area contributed by atoms with Crippen molar-refractivity contribution in [2.24, 2.45) is 0 Å². The molecule has 104 valence electrons. The number of halogens is 1. The van der Waals surface area contributed by atoms with Crippen molar-refractivity contribution in [1.29, 1.82) is 0 Å². The Bertz CT molecular complexity index is 624. The summed E-state index contributed by atoms with van der Waals surface area (Å²) in [6.07, 6.45) is 0. The lowest BCUT2D eigenvalue weighted by molar-refractivity contribution is 0.575.